The Labute approximate surface area is 127 Å². The molecule has 0 spiro atoms. The molecule has 0 saturated heterocycles. The second kappa shape index (κ2) is 5.86. The van der Waals surface area contributed by atoms with Gasteiger partial charge in [0.2, 0.25) is 0 Å². The molecule has 0 fully saturated rings. The zero-order valence-electron chi connectivity index (χ0n) is 11.4. The van der Waals surface area contributed by atoms with Crippen LogP contribution in [-0.2, 0) is 6.42 Å². The summed E-state index contributed by atoms with van der Waals surface area (Å²) in [5.41, 5.74) is 2.75. The highest BCUT2D eigenvalue weighted by Gasteiger charge is 2.22. The van der Waals surface area contributed by atoms with Crippen LogP contribution in [0.15, 0.2) is 42.5 Å². The Morgan fingerprint density at radius 1 is 1.24 bits per heavy atom. The largest absolute Gasteiger partial charge is 0.345 e. The zero-order chi connectivity index (χ0) is 14.8. The van der Waals surface area contributed by atoms with E-state index in [0.29, 0.717) is 5.56 Å². The van der Waals surface area contributed by atoms with Crippen LogP contribution in [0.3, 0.4) is 0 Å². The van der Waals surface area contributed by atoms with Crippen LogP contribution in [0, 0.1) is 5.82 Å². The van der Waals surface area contributed by atoms with Crippen molar-refractivity contribution < 1.29 is 9.18 Å². The van der Waals surface area contributed by atoms with Crippen molar-refractivity contribution in [2.75, 3.05) is 0 Å². The molecule has 2 aromatic rings. The Morgan fingerprint density at radius 3 is 2.86 bits per heavy atom. The Morgan fingerprint density at radius 2 is 2.05 bits per heavy atom. The molecule has 2 aromatic carbocycles. The monoisotopic (exact) mass is 303 g/mol. The lowest BCUT2D eigenvalue weighted by Crippen LogP contribution is -2.31. The lowest BCUT2D eigenvalue weighted by Gasteiger charge is -2.26. The first-order valence-electron chi connectivity index (χ1n) is 6.99. The van der Waals surface area contributed by atoms with E-state index < -0.39 is 5.82 Å². The minimum atomic E-state index is -0.445. The number of hydrogen-bond acceptors (Lipinski definition) is 1. The molecule has 1 aliphatic carbocycles. The van der Waals surface area contributed by atoms with Crippen molar-refractivity contribution in [3.8, 4) is 0 Å². The van der Waals surface area contributed by atoms with Crippen LogP contribution in [0.1, 0.15) is 40.4 Å². The van der Waals surface area contributed by atoms with Gasteiger partial charge in [0.25, 0.3) is 5.91 Å². The third-order valence-corrected chi connectivity index (χ3v) is 4.16. The highest BCUT2D eigenvalue weighted by Crippen LogP contribution is 2.30. The zero-order valence-corrected chi connectivity index (χ0v) is 12.2. The number of amides is 1. The van der Waals surface area contributed by atoms with E-state index in [1.807, 2.05) is 18.2 Å². The third-order valence-electron chi connectivity index (χ3n) is 3.85. The van der Waals surface area contributed by atoms with E-state index in [4.69, 9.17) is 11.6 Å². The Kier molecular flexibility index (Phi) is 3.93. The summed E-state index contributed by atoms with van der Waals surface area (Å²) in [5.74, 6) is -0.707. The number of rotatable bonds is 2. The smallest absolute Gasteiger partial charge is 0.253 e. The first kappa shape index (κ1) is 14.1. The van der Waals surface area contributed by atoms with E-state index in [1.54, 1.807) is 0 Å². The fourth-order valence-corrected chi connectivity index (χ4v) is 3.07. The van der Waals surface area contributed by atoms with Gasteiger partial charge in [0.05, 0.1) is 16.6 Å². The standard InChI is InChI=1S/C17H15ClFNO/c18-15-10-12(19)8-9-14(15)17(21)20-16-7-3-5-11-4-1-2-6-13(11)16/h1-2,4,6,8-10,16H,3,5,7H2,(H,20,21)/t16-/m0/s1. The predicted molar refractivity (Wildman–Crippen MR) is 81.0 cm³/mol. The predicted octanol–water partition coefficient (Wildman–Crippen LogP) is 4.29. The molecule has 0 heterocycles. The van der Waals surface area contributed by atoms with Crippen LogP contribution in [0.4, 0.5) is 4.39 Å². The Balaban J connectivity index is 1.83. The lowest BCUT2D eigenvalue weighted by atomic mass is 9.87. The fraction of sp³-hybridized carbons (Fsp3) is 0.235. The van der Waals surface area contributed by atoms with Crippen LogP contribution < -0.4 is 5.32 Å². The van der Waals surface area contributed by atoms with Gasteiger partial charge in [-0.2, -0.15) is 0 Å². The molecule has 2 nitrogen and oxygen atoms in total. The van der Waals surface area contributed by atoms with E-state index in [-0.39, 0.29) is 17.0 Å². The van der Waals surface area contributed by atoms with Gasteiger partial charge in [0.15, 0.2) is 0 Å². The SMILES string of the molecule is O=C(N[C@H]1CCCc2ccccc21)c1ccc(F)cc1Cl. The van der Waals surface area contributed by atoms with Gasteiger partial charge in [-0.05, 0) is 48.6 Å². The van der Waals surface area contributed by atoms with Gasteiger partial charge in [-0.1, -0.05) is 35.9 Å². The number of aryl methyl sites for hydroxylation is 1. The van der Waals surface area contributed by atoms with Crippen molar-refractivity contribution in [2.24, 2.45) is 0 Å². The molecule has 0 aromatic heterocycles. The van der Waals surface area contributed by atoms with Crippen molar-refractivity contribution in [1.82, 2.24) is 5.32 Å². The molecule has 0 radical (unpaired) electrons. The maximum Gasteiger partial charge on any atom is 0.253 e. The highest BCUT2D eigenvalue weighted by molar-refractivity contribution is 6.33. The first-order valence-corrected chi connectivity index (χ1v) is 7.36. The summed E-state index contributed by atoms with van der Waals surface area (Å²) in [6.07, 6.45) is 2.99. The van der Waals surface area contributed by atoms with Crippen LogP contribution >= 0.6 is 11.6 Å². The quantitative estimate of drug-likeness (QED) is 0.881. The van der Waals surface area contributed by atoms with Crippen molar-refractivity contribution in [2.45, 2.75) is 25.3 Å². The summed E-state index contributed by atoms with van der Waals surface area (Å²) in [5, 5.41) is 3.14. The van der Waals surface area contributed by atoms with Gasteiger partial charge in [0, 0.05) is 0 Å². The highest BCUT2D eigenvalue weighted by atomic mass is 35.5. The van der Waals surface area contributed by atoms with Gasteiger partial charge in [0.1, 0.15) is 5.82 Å². The third kappa shape index (κ3) is 2.93. The normalized spacial score (nSPS) is 17.1. The molecule has 3 rings (SSSR count). The van der Waals surface area contributed by atoms with Crippen LogP contribution in [0.25, 0.3) is 0 Å². The number of nitrogens with one attached hydrogen (secondary N) is 1. The minimum Gasteiger partial charge on any atom is -0.345 e. The molecule has 108 valence electrons. The van der Waals surface area contributed by atoms with E-state index in [2.05, 4.69) is 11.4 Å². The summed E-state index contributed by atoms with van der Waals surface area (Å²) in [7, 11) is 0. The first-order chi connectivity index (χ1) is 10.1. The molecule has 1 atom stereocenters. The Bertz CT molecular complexity index is 686. The minimum absolute atomic E-state index is 0.0106. The average molecular weight is 304 g/mol. The van der Waals surface area contributed by atoms with E-state index >= 15 is 0 Å². The molecular formula is C17H15ClFNO. The summed E-state index contributed by atoms with van der Waals surface area (Å²) in [6.45, 7) is 0. The molecule has 0 bridgehead atoms. The second-order valence-electron chi connectivity index (χ2n) is 5.24. The van der Waals surface area contributed by atoms with E-state index in [9.17, 15) is 9.18 Å². The fourth-order valence-electron chi connectivity index (χ4n) is 2.81. The van der Waals surface area contributed by atoms with Gasteiger partial charge < -0.3 is 5.32 Å². The molecule has 1 N–H and O–H groups in total. The topological polar surface area (TPSA) is 29.1 Å². The van der Waals surface area contributed by atoms with Crippen LogP contribution in [0.5, 0.6) is 0 Å². The molecule has 1 amide bonds. The summed E-state index contributed by atoms with van der Waals surface area (Å²) >= 11 is 5.94. The van der Waals surface area contributed by atoms with Crippen LogP contribution in [0.2, 0.25) is 5.02 Å². The van der Waals surface area contributed by atoms with Crippen molar-refractivity contribution in [3.63, 3.8) is 0 Å². The maximum atomic E-state index is 13.1. The van der Waals surface area contributed by atoms with E-state index in [0.717, 1.165) is 30.9 Å². The molecule has 21 heavy (non-hydrogen) atoms. The maximum absolute atomic E-state index is 13.1. The number of hydrogen-bond donors (Lipinski definition) is 1. The second-order valence-corrected chi connectivity index (χ2v) is 5.65. The van der Waals surface area contributed by atoms with Gasteiger partial charge >= 0.3 is 0 Å². The Hall–Kier alpha value is -1.87. The van der Waals surface area contributed by atoms with Crippen molar-refractivity contribution in [3.05, 3.63) is 70.0 Å². The number of carbonyl (C=O) groups is 1. The molecule has 0 saturated carbocycles. The van der Waals surface area contributed by atoms with Crippen molar-refractivity contribution >= 4 is 17.5 Å². The van der Waals surface area contributed by atoms with Gasteiger partial charge in [-0.3, -0.25) is 4.79 Å². The summed E-state index contributed by atoms with van der Waals surface area (Å²) in [6, 6.07) is 11.9. The molecule has 1 aliphatic rings. The number of carbonyl (C=O) groups excluding carboxylic acids is 1. The molecular weight excluding hydrogens is 289 g/mol. The number of halogens is 2. The summed E-state index contributed by atoms with van der Waals surface area (Å²) in [4.78, 5) is 12.3. The number of benzene rings is 2. The molecule has 0 aliphatic heterocycles. The van der Waals surface area contributed by atoms with E-state index in [1.165, 1.54) is 17.7 Å². The molecule has 0 unspecified atom stereocenters. The molecule has 4 heteroatoms. The average Bonchev–Trinajstić information content (AvgIpc) is 2.47. The van der Waals surface area contributed by atoms with Gasteiger partial charge in [-0.25, -0.2) is 4.39 Å². The van der Waals surface area contributed by atoms with Gasteiger partial charge in [-0.15, -0.1) is 0 Å². The summed E-state index contributed by atoms with van der Waals surface area (Å²) < 4.78 is 13.1. The van der Waals surface area contributed by atoms with Crippen molar-refractivity contribution in [1.29, 1.82) is 0 Å². The van der Waals surface area contributed by atoms with Crippen LogP contribution in [-0.4, -0.2) is 5.91 Å². The number of fused-ring (bicyclic) bond motifs is 1. The lowest BCUT2D eigenvalue weighted by molar-refractivity contribution is 0.0933.